The SMILES string of the molecule is CNC1CCC(C)CN(CC2CCCCC2)C1=O.CNC1CCC(C)CN(CC2CCCCCS2)C1=O. The van der Waals surface area contributed by atoms with Crippen LogP contribution in [0.3, 0.4) is 0 Å². The van der Waals surface area contributed by atoms with Gasteiger partial charge in [0.05, 0.1) is 12.1 Å². The van der Waals surface area contributed by atoms with Crippen LogP contribution >= 0.6 is 11.8 Å². The quantitative estimate of drug-likeness (QED) is 0.504. The molecule has 5 atom stereocenters. The molecule has 1 aliphatic carbocycles. The van der Waals surface area contributed by atoms with Crippen LogP contribution < -0.4 is 10.6 Å². The zero-order valence-corrected chi connectivity index (χ0v) is 25.1. The number of amides is 2. The molecule has 2 amide bonds. The van der Waals surface area contributed by atoms with Crippen LogP contribution in [0.1, 0.15) is 97.3 Å². The third-order valence-corrected chi connectivity index (χ3v) is 10.4. The zero-order valence-electron chi connectivity index (χ0n) is 24.3. The van der Waals surface area contributed by atoms with Crippen molar-refractivity contribution in [3.05, 3.63) is 0 Å². The van der Waals surface area contributed by atoms with Crippen molar-refractivity contribution in [3.63, 3.8) is 0 Å². The lowest BCUT2D eigenvalue weighted by Gasteiger charge is -2.31. The minimum absolute atomic E-state index is 0.0423. The summed E-state index contributed by atoms with van der Waals surface area (Å²) in [5.41, 5.74) is 0. The van der Waals surface area contributed by atoms with Crippen LogP contribution in [0.4, 0.5) is 0 Å². The van der Waals surface area contributed by atoms with Crippen LogP contribution in [-0.2, 0) is 9.59 Å². The first-order valence-corrected chi connectivity index (χ1v) is 16.5. The number of hydrogen-bond acceptors (Lipinski definition) is 5. The molecule has 0 aromatic carbocycles. The smallest absolute Gasteiger partial charge is 0.239 e. The first-order chi connectivity index (χ1) is 17.9. The number of likely N-dealkylation sites (tertiary alicyclic amines) is 2. The van der Waals surface area contributed by atoms with Crippen LogP contribution in [0.5, 0.6) is 0 Å². The van der Waals surface area contributed by atoms with Crippen molar-refractivity contribution in [1.82, 2.24) is 20.4 Å². The lowest BCUT2D eigenvalue weighted by Crippen LogP contribution is -2.46. The highest BCUT2D eigenvalue weighted by Crippen LogP contribution is 2.28. The van der Waals surface area contributed by atoms with Crippen molar-refractivity contribution in [3.8, 4) is 0 Å². The van der Waals surface area contributed by atoms with Crippen LogP contribution in [0.2, 0.25) is 0 Å². The third kappa shape index (κ3) is 10.0. The van der Waals surface area contributed by atoms with Gasteiger partial charge in [-0.2, -0.15) is 11.8 Å². The van der Waals surface area contributed by atoms with Gasteiger partial charge in [-0.25, -0.2) is 0 Å². The summed E-state index contributed by atoms with van der Waals surface area (Å²) in [6.45, 7) is 8.44. The summed E-state index contributed by atoms with van der Waals surface area (Å²) in [5, 5.41) is 7.05. The van der Waals surface area contributed by atoms with Gasteiger partial charge >= 0.3 is 0 Å². The van der Waals surface area contributed by atoms with Crippen molar-refractivity contribution in [2.75, 3.05) is 46.0 Å². The van der Waals surface area contributed by atoms with E-state index in [1.807, 2.05) is 14.1 Å². The van der Waals surface area contributed by atoms with E-state index in [2.05, 4.69) is 46.0 Å². The molecule has 7 heteroatoms. The fourth-order valence-electron chi connectivity index (χ4n) is 6.63. The van der Waals surface area contributed by atoms with Gasteiger partial charge in [-0.1, -0.05) is 46.0 Å². The molecule has 3 aliphatic heterocycles. The van der Waals surface area contributed by atoms with Crippen LogP contribution in [-0.4, -0.2) is 85.0 Å². The number of likely N-dealkylation sites (N-methyl/N-ethyl adjacent to an activating group) is 2. The number of rotatable bonds is 6. The minimum atomic E-state index is 0.0423. The predicted octanol–water partition coefficient (Wildman–Crippen LogP) is 4.92. The van der Waals surface area contributed by atoms with Crippen LogP contribution in [0.15, 0.2) is 0 Å². The molecule has 0 aromatic rings. The van der Waals surface area contributed by atoms with Crippen molar-refractivity contribution in [1.29, 1.82) is 0 Å². The van der Waals surface area contributed by atoms with Crippen molar-refractivity contribution >= 4 is 23.6 Å². The van der Waals surface area contributed by atoms with E-state index in [-0.39, 0.29) is 12.1 Å². The molecule has 3 saturated heterocycles. The molecule has 1 saturated carbocycles. The maximum atomic E-state index is 12.5. The maximum Gasteiger partial charge on any atom is 0.239 e. The van der Waals surface area contributed by atoms with Gasteiger partial charge in [0.2, 0.25) is 11.8 Å². The second kappa shape index (κ2) is 16.3. The van der Waals surface area contributed by atoms with E-state index in [1.165, 1.54) is 70.0 Å². The van der Waals surface area contributed by atoms with Gasteiger partial charge in [-0.05, 0) is 89.0 Å². The Bertz CT molecular complexity index is 678. The van der Waals surface area contributed by atoms with E-state index < -0.39 is 0 Å². The van der Waals surface area contributed by atoms with Gasteiger partial charge in [0.1, 0.15) is 0 Å². The number of nitrogens with one attached hydrogen (secondary N) is 2. The second-order valence-corrected chi connectivity index (χ2v) is 13.8. The number of carbonyl (C=O) groups excluding carboxylic acids is 2. The van der Waals surface area contributed by atoms with E-state index in [4.69, 9.17) is 0 Å². The fraction of sp³-hybridized carbons (Fsp3) is 0.933. The summed E-state index contributed by atoms with van der Waals surface area (Å²) in [4.78, 5) is 29.3. The van der Waals surface area contributed by atoms with Crippen LogP contribution in [0, 0.1) is 17.8 Å². The molecular weight excluding hydrogens is 480 g/mol. The number of nitrogens with zero attached hydrogens (tertiary/aromatic N) is 2. The van der Waals surface area contributed by atoms with Gasteiger partial charge in [-0.15, -0.1) is 0 Å². The highest BCUT2D eigenvalue weighted by atomic mass is 32.2. The van der Waals surface area contributed by atoms with Gasteiger partial charge in [0, 0.05) is 31.4 Å². The summed E-state index contributed by atoms with van der Waals surface area (Å²) in [7, 11) is 3.83. The summed E-state index contributed by atoms with van der Waals surface area (Å²) in [5.74, 6) is 3.99. The Hall–Kier alpha value is -0.790. The number of carbonyl (C=O) groups is 2. The Morgan fingerprint density at radius 1 is 0.676 bits per heavy atom. The molecule has 0 spiro atoms. The van der Waals surface area contributed by atoms with E-state index in [0.29, 0.717) is 28.9 Å². The molecule has 6 nitrogen and oxygen atoms in total. The average molecular weight is 537 g/mol. The Kier molecular flexibility index (Phi) is 13.6. The Labute approximate surface area is 231 Å². The van der Waals surface area contributed by atoms with E-state index in [0.717, 1.165) is 51.4 Å². The summed E-state index contributed by atoms with van der Waals surface area (Å²) in [6.07, 6.45) is 16.4. The molecule has 214 valence electrons. The van der Waals surface area contributed by atoms with E-state index in [9.17, 15) is 9.59 Å². The van der Waals surface area contributed by atoms with Gasteiger partial charge in [0.25, 0.3) is 0 Å². The molecule has 0 bridgehead atoms. The third-order valence-electron chi connectivity index (χ3n) is 9.03. The summed E-state index contributed by atoms with van der Waals surface area (Å²) in [6, 6.07) is 0.0965. The van der Waals surface area contributed by atoms with Gasteiger partial charge < -0.3 is 20.4 Å². The predicted molar refractivity (Wildman–Crippen MR) is 157 cm³/mol. The molecule has 2 N–H and O–H groups in total. The first-order valence-electron chi connectivity index (χ1n) is 15.4. The Balaban J connectivity index is 0.000000206. The summed E-state index contributed by atoms with van der Waals surface area (Å²) >= 11 is 2.08. The second-order valence-electron chi connectivity index (χ2n) is 12.4. The van der Waals surface area contributed by atoms with Crippen LogP contribution in [0.25, 0.3) is 0 Å². The highest BCUT2D eigenvalue weighted by Gasteiger charge is 2.31. The topological polar surface area (TPSA) is 64.7 Å². The largest absolute Gasteiger partial charge is 0.341 e. The Morgan fingerprint density at radius 2 is 1.19 bits per heavy atom. The molecule has 4 rings (SSSR count). The standard InChI is InChI=1S/C15H28N2OS.C15H28N2O/c1-12-7-8-14(16-2)15(18)17(10-12)11-13-6-4-3-5-9-19-13;1-12-8-9-14(16-2)15(18)17(10-12)11-13-6-4-3-5-7-13/h12-14,16H,3-11H2,1-2H3;12-14,16H,3-11H2,1-2H3. The van der Waals surface area contributed by atoms with Crippen molar-refractivity contribution < 1.29 is 9.59 Å². The first kappa shape index (κ1) is 30.7. The van der Waals surface area contributed by atoms with Crippen molar-refractivity contribution in [2.45, 2.75) is 115 Å². The van der Waals surface area contributed by atoms with Crippen molar-refractivity contribution in [2.24, 2.45) is 17.8 Å². The Morgan fingerprint density at radius 3 is 1.76 bits per heavy atom. The molecule has 3 heterocycles. The normalized spacial score (nSPS) is 32.7. The molecule has 37 heavy (non-hydrogen) atoms. The number of thioether (sulfide) groups is 1. The molecule has 4 aliphatic rings. The molecule has 4 fully saturated rings. The monoisotopic (exact) mass is 536 g/mol. The lowest BCUT2D eigenvalue weighted by atomic mass is 9.89. The minimum Gasteiger partial charge on any atom is -0.341 e. The average Bonchev–Trinajstić information content (AvgIpc) is 3.29. The zero-order chi connectivity index (χ0) is 26.6. The molecule has 0 radical (unpaired) electrons. The maximum absolute atomic E-state index is 12.5. The van der Waals surface area contributed by atoms with Gasteiger partial charge in [0.15, 0.2) is 0 Å². The molecule has 0 aromatic heterocycles. The fourth-order valence-corrected chi connectivity index (χ4v) is 7.95. The molecular formula is C30H56N4O2S. The lowest BCUT2D eigenvalue weighted by molar-refractivity contribution is -0.134. The summed E-state index contributed by atoms with van der Waals surface area (Å²) < 4.78 is 0. The van der Waals surface area contributed by atoms with Gasteiger partial charge in [-0.3, -0.25) is 9.59 Å². The molecule has 5 unspecified atom stereocenters. The van der Waals surface area contributed by atoms with E-state index in [1.54, 1.807) is 0 Å². The van der Waals surface area contributed by atoms with E-state index >= 15 is 0 Å². The highest BCUT2D eigenvalue weighted by molar-refractivity contribution is 7.99. The number of hydrogen-bond donors (Lipinski definition) is 2.